The second-order valence-electron chi connectivity index (χ2n) is 7.37. The molecule has 0 unspecified atom stereocenters. The van der Waals surface area contributed by atoms with Crippen LogP contribution in [-0.4, -0.2) is 51.1 Å². The Morgan fingerprint density at radius 3 is 1.69 bits per heavy atom. The summed E-state index contributed by atoms with van der Waals surface area (Å²) in [6, 6.07) is 13.1. The van der Waals surface area contributed by atoms with Crippen molar-refractivity contribution >= 4 is 27.9 Å². The fourth-order valence-electron chi connectivity index (χ4n) is 3.49. The minimum absolute atomic E-state index is 0.0144. The third-order valence-electron chi connectivity index (χ3n) is 5.29. The Morgan fingerprint density at radius 2 is 1.14 bits per heavy atom. The summed E-state index contributed by atoms with van der Waals surface area (Å²) in [6.07, 6.45) is 3.67. The molecule has 0 saturated carbocycles. The normalized spacial score (nSPS) is 11.2. The predicted octanol–water partition coefficient (Wildman–Crippen LogP) is 4.71. The molecule has 3 rings (SSSR count). The molecule has 36 heavy (non-hydrogen) atoms. The topological polar surface area (TPSA) is 102 Å². The molecule has 0 aliphatic rings. The van der Waals surface area contributed by atoms with E-state index in [1.807, 2.05) is 30.4 Å². The highest BCUT2D eigenvalue weighted by molar-refractivity contribution is 7.92. The molecule has 0 atom stereocenters. The lowest BCUT2D eigenvalue weighted by molar-refractivity contribution is 0.324. The molecule has 0 spiro atoms. The molecule has 10 heteroatoms. The lowest BCUT2D eigenvalue weighted by atomic mass is 10.1. The van der Waals surface area contributed by atoms with Gasteiger partial charge in [-0.25, -0.2) is 8.42 Å². The summed E-state index contributed by atoms with van der Waals surface area (Å²) in [5, 5.41) is 0. The van der Waals surface area contributed by atoms with Gasteiger partial charge in [0, 0.05) is 6.07 Å². The first-order valence-electron chi connectivity index (χ1n) is 10.7. The van der Waals surface area contributed by atoms with Gasteiger partial charge in [0.15, 0.2) is 23.0 Å². The second-order valence-corrected chi connectivity index (χ2v) is 9.06. The van der Waals surface area contributed by atoms with Crippen LogP contribution in [0.4, 0.5) is 5.69 Å². The number of sulfonamides is 1. The average Bonchev–Trinajstić information content (AvgIpc) is 2.90. The minimum Gasteiger partial charge on any atom is -0.495 e. The summed E-state index contributed by atoms with van der Waals surface area (Å²) in [7, 11) is 5.07. The molecule has 3 aromatic rings. The molecule has 0 bridgehead atoms. The van der Waals surface area contributed by atoms with E-state index in [1.165, 1.54) is 46.6 Å². The zero-order valence-corrected chi connectivity index (χ0v) is 21.8. The Bertz CT molecular complexity index is 1330. The van der Waals surface area contributed by atoms with Crippen LogP contribution in [0.1, 0.15) is 11.1 Å². The zero-order chi connectivity index (χ0) is 26.3. The van der Waals surface area contributed by atoms with Gasteiger partial charge in [0.25, 0.3) is 10.0 Å². The minimum atomic E-state index is -3.95. The monoisotopic (exact) mass is 515 g/mol. The SMILES string of the molecule is COc1ccc(C=Cc2cc(OC)c(OC)c(OC)c2)cc1NS(=O)(=O)c1ccc(OC)c(OC)c1. The lowest BCUT2D eigenvalue weighted by Gasteiger charge is -2.14. The van der Waals surface area contributed by atoms with Crippen molar-refractivity contribution in [2.24, 2.45) is 0 Å². The molecule has 0 fully saturated rings. The van der Waals surface area contributed by atoms with E-state index < -0.39 is 10.0 Å². The molecule has 0 radical (unpaired) electrons. The van der Waals surface area contributed by atoms with Crippen LogP contribution in [0.25, 0.3) is 12.2 Å². The molecular formula is C26H29NO8S. The van der Waals surface area contributed by atoms with Crippen LogP contribution in [0.5, 0.6) is 34.5 Å². The summed E-state index contributed by atoms with van der Waals surface area (Å²) in [4.78, 5) is 0.0144. The molecule has 192 valence electrons. The van der Waals surface area contributed by atoms with E-state index in [-0.39, 0.29) is 10.6 Å². The Kier molecular flexibility index (Phi) is 8.55. The van der Waals surface area contributed by atoms with Crippen molar-refractivity contribution in [3.63, 3.8) is 0 Å². The number of methoxy groups -OCH3 is 6. The number of rotatable bonds is 11. The van der Waals surface area contributed by atoms with Gasteiger partial charge in [-0.2, -0.15) is 0 Å². The van der Waals surface area contributed by atoms with Crippen molar-refractivity contribution in [3.8, 4) is 34.5 Å². The maximum atomic E-state index is 13.1. The summed E-state index contributed by atoms with van der Waals surface area (Å²) < 4.78 is 60.8. The van der Waals surface area contributed by atoms with Gasteiger partial charge < -0.3 is 28.4 Å². The van der Waals surface area contributed by atoms with Gasteiger partial charge in [-0.1, -0.05) is 18.2 Å². The van der Waals surface area contributed by atoms with Crippen molar-refractivity contribution < 1.29 is 36.8 Å². The van der Waals surface area contributed by atoms with Gasteiger partial charge in [0.05, 0.1) is 53.2 Å². The highest BCUT2D eigenvalue weighted by Gasteiger charge is 2.19. The Labute approximate surface area is 211 Å². The Balaban J connectivity index is 1.94. The fraction of sp³-hybridized carbons (Fsp3) is 0.231. The van der Waals surface area contributed by atoms with Gasteiger partial charge in [-0.15, -0.1) is 0 Å². The van der Waals surface area contributed by atoms with E-state index in [1.54, 1.807) is 26.4 Å². The van der Waals surface area contributed by atoms with Crippen LogP contribution < -0.4 is 33.1 Å². The maximum absolute atomic E-state index is 13.1. The van der Waals surface area contributed by atoms with Crippen molar-refractivity contribution in [2.45, 2.75) is 4.90 Å². The van der Waals surface area contributed by atoms with E-state index in [0.29, 0.717) is 34.5 Å². The van der Waals surface area contributed by atoms with E-state index in [2.05, 4.69) is 4.72 Å². The van der Waals surface area contributed by atoms with Gasteiger partial charge in [0.2, 0.25) is 5.75 Å². The number of hydrogen-bond donors (Lipinski definition) is 1. The van der Waals surface area contributed by atoms with E-state index >= 15 is 0 Å². The van der Waals surface area contributed by atoms with Crippen LogP contribution in [-0.2, 0) is 10.0 Å². The molecule has 0 aliphatic heterocycles. The van der Waals surface area contributed by atoms with Crippen molar-refractivity contribution in [1.82, 2.24) is 0 Å². The third kappa shape index (κ3) is 5.77. The first-order valence-corrected chi connectivity index (χ1v) is 12.2. The average molecular weight is 516 g/mol. The largest absolute Gasteiger partial charge is 0.495 e. The number of nitrogens with one attached hydrogen (secondary N) is 1. The van der Waals surface area contributed by atoms with Gasteiger partial charge in [0.1, 0.15) is 5.75 Å². The van der Waals surface area contributed by atoms with Crippen LogP contribution in [0, 0.1) is 0 Å². The Hall–Kier alpha value is -4.05. The quantitative estimate of drug-likeness (QED) is 0.367. The molecule has 0 aromatic heterocycles. The Morgan fingerprint density at radius 1 is 0.583 bits per heavy atom. The third-order valence-corrected chi connectivity index (χ3v) is 6.65. The molecule has 1 N–H and O–H groups in total. The number of ether oxygens (including phenoxy) is 6. The highest BCUT2D eigenvalue weighted by atomic mass is 32.2. The summed E-state index contributed by atoms with van der Waals surface area (Å²) in [5.41, 5.74) is 1.81. The smallest absolute Gasteiger partial charge is 0.262 e. The van der Waals surface area contributed by atoms with Crippen molar-refractivity contribution in [3.05, 3.63) is 59.7 Å². The number of hydrogen-bond acceptors (Lipinski definition) is 8. The van der Waals surface area contributed by atoms with Crippen molar-refractivity contribution in [2.75, 3.05) is 47.4 Å². The number of benzene rings is 3. The van der Waals surface area contributed by atoms with Crippen LogP contribution in [0.15, 0.2) is 53.4 Å². The highest BCUT2D eigenvalue weighted by Crippen LogP contribution is 2.39. The molecular weight excluding hydrogens is 486 g/mol. The van der Waals surface area contributed by atoms with Gasteiger partial charge in [-0.05, 0) is 47.5 Å². The van der Waals surface area contributed by atoms with E-state index in [4.69, 9.17) is 28.4 Å². The van der Waals surface area contributed by atoms with Crippen LogP contribution in [0.2, 0.25) is 0 Å². The van der Waals surface area contributed by atoms with Crippen molar-refractivity contribution in [1.29, 1.82) is 0 Å². The van der Waals surface area contributed by atoms with Gasteiger partial charge in [-0.3, -0.25) is 4.72 Å². The van der Waals surface area contributed by atoms with Gasteiger partial charge >= 0.3 is 0 Å². The fourth-order valence-corrected chi connectivity index (χ4v) is 4.56. The molecule has 3 aromatic carbocycles. The van der Waals surface area contributed by atoms with E-state index in [0.717, 1.165) is 11.1 Å². The maximum Gasteiger partial charge on any atom is 0.262 e. The predicted molar refractivity (Wildman–Crippen MR) is 138 cm³/mol. The standard InChI is InChI=1S/C26H29NO8S/c1-30-21-11-9-17(7-8-18-14-24(33-4)26(35-6)25(15-18)34-5)13-20(21)27-36(28,29)19-10-12-22(31-2)23(16-19)32-3/h7-16,27H,1-6H3. The van der Waals surface area contributed by atoms with Crippen LogP contribution >= 0.6 is 0 Å². The summed E-state index contributed by atoms with van der Waals surface area (Å²) in [5.74, 6) is 2.63. The summed E-state index contributed by atoms with van der Waals surface area (Å²) >= 11 is 0. The van der Waals surface area contributed by atoms with Crippen LogP contribution in [0.3, 0.4) is 0 Å². The number of anilines is 1. The first kappa shape index (κ1) is 26.6. The first-order chi connectivity index (χ1) is 17.3. The molecule has 0 saturated heterocycles. The van der Waals surface area contributed by atoms with E-state index in [9.17, 15) is 8.42 Å². The molecule has 0 heterocycles. The molecule has 9 nitrogen and oxygen atoms in total. The molecule has 0 aliphatic carbocycles. The lowest BCUT2D eigenvalue weighted by Crippen LogP contribution is -2.14. The second kappa shape index (κ2) is 11.6. The zero-order valence-electron chi connectivity index (χ0n) is 20.9. The molecule has 0 amide bonds. The summed E-state index contributed by atoms with van der Waals surface area (Å²) in [6.45, 7) is 0.